The molecule has 0 spiro atoms. The topological polar surface area (TPSA) is 87.3 Å². The van der Waals surface area contributed by atoms with Crippen molar-refractivity contribution in [2.24, 2.45) is 0 Å². The van der Waals surface area contributed by atoms with E-state index in [1.165, 1.54) is 30.3 Å². The zero-order chi connectivity index (χ0) is 18.8. The van der Waals surface area contributed by atoms with E-state index in [-0.39, 0.29) is 18.8 Å². The number of hydrogen-bond acceptors (Lipinski definition) is 3. The van der Waals surface area contributed by atoms with Crippen LogP contribution in [0, 0.1) is 5.82 Å². The molecular weight excluding hydrogens is 337 g/mol. The van der Waals surface area contributed by atoms with Crippen molar-refractivity contribution >= 4 is 23.8 Å². The molecular formula is C19H18FN3O3. The predicted molar refractivity (Wildman–Crippen MR) is 94.9 cm³/mol. The number of hydrogen-bond donors (Lipinski definition) is 3. The van der Waals surface area contributed by atoms with Crippen LogP contribution in [-0.2, 0) is 20.8 Å². The molecule has 3 amide bonds. The Hall–Kier alpha value is -3.48. The van der Waals surface area contributed by atoms with E-state index < -0.39 is 17.7 Å². The minimum atomic E-state index is -0.570. The summed E-state index contributed by atoms with van der Waals surface area (Å²) in [5.41, 5.74) is 5.89. The largest absolute Gasteiger partial charge is 0.343 e. The quantitative estimate of drug-likeness (QED) is 0.540. The minimum absolute atomic E-state index is 0.00721. The van der Waals surface area contributed by atoms with Crippen LogP contribution in [0.3, 0.4) is 0 Å². The summed E-state index contributed by atoms with van der Waals surface area (Å²) in [7, 11) is 0. The smallest absolute Gasteiger partial charge is 0.257 e. The summed E-state index contributed by atoms with van der Waals surface area (Å²) in [6.45, 7) is -0.283. The summed E-state index contributed by atoms with van der Waals surface area (Å²) in [5, 5.41) is 2.40. The van der Waals surface area contributed by atoms with Crippen LogP contribution in [0.2, 0.25) is 0 Å². The van der Waals surface area contributed by atoms with Gasteiger partial charge in [0.05, 0.1) is 13.0 Å². The molecule has 0 aromatic heterocycles. The molecule has 3 N–H and O–H groups in total. The number of halogens is 1. The van der Waals surface area contributed by atoms with Crippen LogP contribution in [-0.4, -0.2) is 24.3 Å². The monoisotopic (exact) mass is 355 g/mol. The van der Waals surface area contributed by atoms with E-state index in [2.05, 4.69) is 16.2 Å². The third kappa shape index (κ3) is 6.96. The normalized spacial score (nSPS) is 10.3. The first-order valence-electron chi connectivity index (χ1n) is 7.86. The molecule has 7 heteroatoms. The number of hydrazine groups is 1. The molecule has 26 heavy (non-hydrogen) atoms. The summed E-state index contributed by atoms with van der Waals surface area (Å²) in [6.07, 6.45) is 2.93. The van der Waals surface area contributed by atoms with Gasteiger partial charge >= 0.3 is 0 Å². The van der Waals surface area contributed by atoms with Gasteiger partial charge in [-0.3, -0.25) is 25.2 Å². The third-order valence-corrected chi connectivity index (χ3v) is 3.27. The Morgan fingerprint density at radius 3 is 2.23 bits per heavy atom. The van der Waals surface area contributed by atoms with E-state index in [9.17, 15) is 18.8 Å². The Balaban J connectivity index is 1.66. The molecule has 2 aromatic rings. The van der Waals surface area contributed by atoms with Crippen LogP contribution in [0.15, 0.2) is 60.7 Å². The van der Waals surface area contributed by atoms with Gasteiger partial charge in [-0.15, -0.1) is 0 Å². The first kappa shape index (κ1) is 18.9. The Labute approximate surface area is 150 Å². The zero-order valence-electron chi connectivity index (χ0n) is 13.9. The maximum atomic E-state index is 12.8. The van der Waals surface area contributed by atoms with E-state index >= 15 is 0 Å². The second-order valence-corrected chi connectivity index (χ2v) is 5.36. The van der Waals surface area contributed by atoms with E-state index in [1.54, 1.807) is 6.08 Å². The lowest BCUT2D eigenvalue weighted by atomic mass is 10.1. The fraction of sp³-hybridized carbons (Fsp3) is 0.105. The first-order valence-corrected chi connectivity index (χ1v) is 7.86. The standard InChI is InChI=1S/C19H18FN3O3/c20-16-9-6-15(7-10-16)12-18(25)22-23-19(26)13-21-17(24)11-8-14-4-2-1-3-5-14/h1-11H,12-13H2,(H,21,24)(H,22,25)(H,23,26)/b11-8+. The molecule has 0 radical (unpaired) electrons. The maximum Gasteiger partial charge on any atom is 0.257 e. The Bertz CT molecular complexity index is 789. The van der Waals surface area contributed by atoms with Crippen LogP contribution in [0.5, 0.6) is 0 Å². The van der Waals surface area contributed by atoms with E-state index in [4.69, 9.17) is 0 Å². The summed E-state index contributed by atoms with van der Waals surface area (Å²) in [5.74, 6) is -1.85. The highest BCUT2D eigenvalue weighted by Crippen LogP contribution is 2.03. The summed E-state index contributed by atoms with van der Waals surface area (Å²) >= 11 is 0. The number of nitrogens with one attached hydrogen (secondary N) is 3. The van der Waals surface area contributed by atoms with Gasteiger partial charge in [-0.25, -0.2) is 4.39 Å². The molecule has 0 aliphatic rings. The molecule has 0 unspecified atom stereocenters. The highest BCUT2D eigenvalue weighted by Gasteiger charge is 2.07. The van der Waals surface area contributed by atoms with Gasteiger partial charge in [0.25, 0.3) is 5.91 Å². The number of benzene rings is 2. The van der Waals surface area contributed by atoms with Gasteiger partial charge in [-0.1, -0.05) is 42.5 Å². The molecule has 0 bridgehead atoms. The van der Waals surface area contributed by atoms with Crippen molar-refractivity contribution in [2.45, 2.75) is 6.42 Å². The first-order chi connectivity index (χ1) is 12.5. The predicted octanol–water partition coefficient (Wildman–Crippen LogP) is 1.35. The summed E-state index contributed by atoms with van der Waals surface area (Å²) in [4.78, 5) is 34.9. The number of rotatable bonds is 6. The maximum absolute atomic E-state index is 12.8. The van der Waals surface area contributed by atoms with E-state index in [0.717, 1.165) is 5.56 Å². The Morgan fingerprint density at radius 2 is 1.54 bits per heavy atom. The van der Waals surface area contributed by atoms with Gasteiger partial charge in [0, 0.05) is 6.08 Å². The number of carbonyl (C=O) groups is 3. The van der Waals surface area contributed by atoms with Crippen molar-refractivity contribution in [3.05, 3.63) is 77.6 Å². The van der Waals surface area contributed by atoms with Crippen molar-refractivity contribution in [1.29, 1.82) is 0 Å². The zero-order valence-corrected chi connectivity index (χ0v) is 13.9. The van der Waals surface area contributed by atoms with Gasteiger partial charge < -0.3 is 5.32 Å². The molecule has 0 aliphatic heterocycles. The van der Waals surface area contributed by atoms with Crippen molar-refractivity contribution in [2.75, 3.05) is 6.54 Å². The fourth-order valence-electron chi connectivity index (χ4n) is 1.98. The molecule has 0 heterocycles. The van der Waals surface area contributed by atoms with Crippen molar-refractivity contribution in [1.82, 2.24) is 16.2 Å². The lowest BCUT2D eigenvalue weighted by molar-refractivity contribution is -0.128. The second-order valence-electron chi connectivity index (χ2n) is 5.36. The van der Waals surface area contributed by atoms with E-state index in [1.807, 2.05) is 30.3 Å². The summed E-state index contributed by atoms with van der Waals surface area (Å²) in [6, 6.07) is 14.7. The molecule has 2 aromatic carbocycles. The molecule has 2 rings (SSSR count). The second kappa shape index (κ2) is 9.73. The molecule has 0 fully saturated rings. The third-order valence-electron chi connectivity index (χ3n) is 3.27. The highest BCUT2D eigenvalue weighted by atomic mass is 19.1. The van der Waals surface area contributed by atoms with Gasteiger partial charge in [0.1, 0.15) is 5.82 Å². The van der Waals surface area contributed by atoms with Gasteiger partial charge in [0.15, 0.2) is 0 Å². The van der Waals surface area contributed by atoms with Crippen molar-refractivity contribution in [3.8, 4) is 0 Å². The van der Waals surface area contributed by atoms with Crippen molar-refractivity contribution in [3.63, 3.8) is 0 Å². The fourth-order valence-corrected chi connectivity index (χ4v) is 1.98. The molecule has 134 valence electrons. The summed E-state index contributed by atoms with van der Waals surface area (Å²) < 4.78 is 12.8. The molecule has 6 nitrogen and oxygen atoms in total. The number of amides is 3. The average molecular weight is 355 g/mol. The molecule has 0 saturated carbocycles. The average Bonchev–Trinajstić information content (AvgIpc) is 2.65. The van der Waals surface area contributed by atoms with Gasteiger partial charge in [0.2, 0.25) is 11.8 Å². The minimum Gasteiger partial charge on any atom is -0.343 e. The number of carbonyl (C=O) groups excluding carboxylic acids is 3. The Morgan fingerprint density at radius 1 is 0.885 bits per heavy atom. The highest BCUT2D eigenvalue weighted by molar-refractivity contribution is 5.94. The molecule has 0 atom stereocenters. The van der Waals surface area contributed by atoms with Crippen LogP contribution in [0.1, 0.15) is 11.1 Å². The van der Waals surface area contributed by atoms with Gasteiger partial charge in [-0.2, -0.15) is 0 Å². The van der Waals surface area contributed by atoms with E-state index in [0.29, 0.717) is 5.56 Å². The lowest BCUT2D eigenvalue weighted by Crippen LogP contribution is -2.46. The van der Waals surface area contributed by atoms with Crippen LogP contribution < -0.4 is 16.2 Å². The van der Waals surface area contributed by atoms with Crippen LogP contribution in [0.4, 0.5) is 4.39 Å². The SMILES string of the molecule is O=C(/C=C/c1ccccc1)NCC(=O)NNC(=O)Cc1ccc(F)cc1. The Kier molecular flexibility index (Phi) is 7.05. The lowest BCUT2D eigenvalue weighted by Gasteiger charge is -2.07. The van der Waals surface area contributed by atoms with Gasteiger partial charge in [-0.05, 0) is 29.3 Å². The van der Waals surface area contributed by atoms with Crippen molar-refractivity contribution < 1.29 is 18.8 Å². The molecule has 0 aliphatic carbocycles. The molecule has 0 saturated heterocycles. The van der Waals surface area contributed by atoms with Crippen LogP contribution >= 0.6 is 0 Å². The van der Waals surface area contributed by atoms with Crippen LogP contribution in [0.25, 0.3) is 6.08 Å².